The van der Waals surface area contributed by atoms with Crippen LogP contribution < -0.4 is 15.4 Å². The number of carbonyl (C=O) groups is 1. The molecule has 0 fully saturated rings. The predicted molar refractivity (Wildman–Crippen MR) is 81.2 cm³/mol. The molecule has 5 heteroatoms. The van der Waals surface area contributed by atoms with Crippen molar-refractivity contribution in [3.63, 3.8) is 0 Å². The lowest BCUT2D eigenvalue weighted by Gasteiger charge is -2.11. The number of para-hydroxylation sites is 2. The molecule has 0 aliphatic rings. The van der Waals surface area contributed by atoms with Crippen molar-refractivity contribution in [2.24, 2.45) is 0 Å². The molecule has 0 aliphatic carbocycles. The van der Waals surface area contributed by atoms with Crippen LogP contribution in [0.15, 0.2) is 59.7 Å². The van der Waals surface area contributed by atoms with Crippen LogP contribution in [-0.2, 0) is 11.3 Å². The van der Waals surface area contributed by atoms with Gasteiger partial charge in [0.05, 0.1) is 25.0 Å². The van der Waals surface area contributed by atoms with E-state index in [4.69, 9.17) is 9.15 Å². The van der Waals surface area contributed by atoms with Crippen molar-refractivity contribution in [3.05, 3.63) is 61.1 Å². The van der Waals surface area contributed by atoms with Gasteiger partial charge >= 0.3 is 0 Å². The molecule has 1 aromatic heterocycles. The number of amides is 1. The summed E-state index contributed by atoms with van der Waals surface area (Å²) in [6, 6.07) is 10.9. The number of benzene rings is 1. The highest BCUT2D eigenvalue weighted by Crippen LogP contribution is 2.23. The number of carbonyl (C=O) groups excluding carboxylic acids is 1. The molecule has 0 saturated heterocycles. The van der Waals surface area contributed by atoms with Gasteiger partial charge < -0.3 is 19.8 Å². The molecule has 21 heavy (non-hydrogen) atoms. The van der Waals surface area contributed by atoms with E-state index in [9.17, 15) is 4.79 Å². The maximum Gasteiger partial charge on any atom is 0.238 e. The lowest BCUT2D eigenvalue weighted by atomic mass is 10.3. The summed E-state index contributed by atoms with van der Waals surface area (Å²) in [5.74, 6) is 1.27. The Labute approximate surface area is 123 Å². The Hall–Kier alpha value is -2.53. The first-order valence-electron chi connectivity index (χ1n) is 6.65. The van der Waals surface area contributed by atoms with Crippen LogP contribution in [0, 0.1) is 0 Å². The normalized spacial score (nSPS) is 10.1. The van der Waals surface area contributed by atoms with Gasteiger partial charge in [0.25, 0.3) is 0 Å². The molecule has 2 N–H and O–H groups in total. The maximum atomic E-state index is 11.9. The van der Waals surface area contributed by atoms with Crippen molar-refractivity contribution < 1.29 is 13.9 Å². The minimum absolute atomic E-state index is 0.142. The van der Waals surface area contributed by atoms with Crippen LogP contribution in [-0.4, -0.2) is 19.1 Å². The van der Waals surface area contributed by atoms with E-state index in [2.05, 4.69) is 17.2 Å². The van der Waals surface area contributed by atoms with Crippen LogP contribution in [0.5, 0.6) is 5.75 Å². The maximum absolute atomic E-state index is 11.9. The van der Waals surface area contributed by atoms with E-state index in [-0.39, 0.29) is 12.5 Å². The van der Waals surface area contributed by atoms with Crippen molar-refractivity contribution in [3.8, 4) is 5.75 Å². The molecule has 0 atom stereocenters. The number of anilines is 1. The first kappa shape index (κ1) is 14.9. The molecule has 1 amide bonds. The van der Waals surface area contributed by atoms with Gasteiger partial charge in [-0.2, -0.15) is 0 Å². The van der Waals surface area contributed by atoms with Gasteiger partial charge in [0.1, 0.15) is 18.1 Å². The number of hydrogen-bond donors (Lipinski definition) is 2. The van der Waals surface area contributed by atoms with Gasteiger partial charge in [0, 0.05) is 0 Å². The Kier molecular flexibility index (Phi) is 5.60. The zero-order chi connectivity index (χ0) is 14.9. The van der Waals surface area contributed by atoms with Gasteiger partial charge in [0.2, 0.25) is 5.91 Å². The molecule has 0 saturated carbocycles. The van der Waals surface area contributed by atoms with Gasteiger partial charge in [-0.25, -0.2) is 0 Å². The standard InChI is InChI=1S/C16H18N2O3/c1-2-9-21-15-8-4-3-7-14(15)18-16(19)12-17-11-13-6-5-10-20-13/h2-8,10,17H,1,9,11-12H2,(H,18,19). The fourth-order valence-electron chi connectivity index (χ4n) is 1.75. The highest BCUT2D eigenvalue weighted by Gasteiger charge is 2.07. The van der Waals surface area contributed by atoms with Gasteiger partial charge in [0.15, 0.2) is 0 Å². The SMILES string of the molecule is C=CCOc1ccccc1NC(=O)CNCc1ccco1. The summed E-state index contributed by atoms with van der Waals surface area (Å²) in [5.41, 5.74) is 0.643. The van der Waals surface area contributed by atoms with E-state index in [1.54, 1.807) is 24.5 Å². The van der Waals surface area contributed by atoms with Gasteiger partial charge in [-0.15, -0.1) is 0 Å². The molecular weight excluding hydrogens is 268 g/mol. The van der Waals surface area contributed by atoms with Crippen LogP contribution >= 0.6 is 0 Å². The number of ether oxygens (including phenoxy) is 1. The van der Waals surface area contributed by atoms with Crippen molar-refractivity contribution in [1.29, 1.82) is 0 Å². The number of nitrogens with one attached hydrogen (secondary N) is 2. The summed E-state index contributed by atoms with van der Waals surface area (Å²) in [4.78, 5) is 11.9. The number of rotatable bonds is 8. The Morgan fingerprint density at radius 2 is 2.14 bits per heavy atom. The Bertz CT molecular complexity index is 579. The molecule has 1 aromatic carbocycles. The molecule has 0 radical (unpaired) electrons. The Balaban J connectivity index is 1.83. The molecule has 0 bridgehead atoms. The molecule has 0 unspecified atom stereocenters. The summed E-state index contributed by atoms with van der Waals surface area (Å²) in [6.45, 7) is 4.69. The molecule has 110 valence electrons. The summed E-state index contributed by atoms with van der Waals surface area (Å²) >= 11 is 0. The topological polar surface area (TPSA) is 63.5 Å². The summed E-state index contributed by atoms with van der Waals surface area (Å²) < 4.78 is 10.7. The Morgan fingerprint density at radius 1 is 1.29 bits per heavy atom. The first-order chi connectivity index (χ1) is 10.3. The van der Waals surface area contributed by atoms with Crippen LogP contribution in [0.3, 0.4) is 0 Å². The summed E-state index contributed by atoms with van der Waals surface area (Å²) in [6.07, 6.45) is 3.26. The zero-order valence-electron chi connectivity index (χ0n) is 11.7. The number of furan rings is 1. The Morgan fingerprint density at radius 3 is 2.90 bits per heavy atom. The highest BCUT2D eigenvalue weighted by molar-refractivity contribution is 5.93. The molecular formula is C16H18N2O3. The smallest absolute Gasteiger partial charge is 0.238 e. The lowest BCUT2D eigenvalue weighted by Crippen LogP contribution is -2.27. The van der Waals surface area contributed by atoms with Crippen LogP contribution in [0.4, 0.5) is 5.69 Å². The van der Waals surface area contributed by atoms with E-state index in [1.807, 2.05) is 24.3 Å². The second-order valence-corrected chi connectivity index (χ2v) is 4.33. The van der Waals surface area contributed by atoms with Crippen molar-refractivity contribution in [2.45, 2.75) is 6.54 Å². The predicted octanol–water partition coefficient (Wildman–Crippen LogP) is 2.57. The second-order valence-electron chi connectivity index (χ2n) is 4.33. The molecule has 0 aliphatic heterocycles. The third-order valence-corrected chi connectivity index (χ3v) is 2.68. The zero-order valence-corrected chi connectivity index (χ0v) is 11.7. The third kappa shape index (κ3) is 4.81. The van der Waals surface area contributed by atoms with Crippen molar-refractivity contribution in [2.75, 3.05) is 18.5 Å². The van der Waals surface area contributed by atoms with E-state index in [0.717, 1.165) is 5.76 Å². The summed E-state index contributed by atoms with van der Waals surface area (Å²) in [5, 5.41) is 5.82. The van der Waals surface area contributed by atoms with E-state index < -0.39 is 0 Å². The van der Waals surface area contributed by atoms with Crippen LogP contribution in [0.25, 0.3) is 0 Å². The average Bonchev–Trinajstić information content (AvgIpc) is 2.99. The van der Waals surface area contributed by atoms with E-state index in [1.165, 1.54) is 0 Å². The van der Waals surface area contributed by atoms with Crippen LogP contribution in [0.1, 0.15) is 5.76 Å². The summed E-state index contributed by atoms with van der Waals surface area (Å²) in [7, 11) is 0. The average molecular weight is 286 g/mol. The minimum atomic E-state index is -0.142. The molecule has 2 rings (SSSR count). The van der Waals surface area contributed by atoms with Crippen molar-refractivity contribution >= 4 is 11.6 Å². The van der Waals surface area contributed by atoms with Gasteiger partial charge in [-0.1, -0.05) is 24.8 Å². The quantitative estimate of drug-likeness (QED) is 0.732. The first-order valence-corrected chi connectivity index (χ1v) is 6.65. The van der Waals surface area contributed by atoms with E-state index in [0.29, 0.717) is 24.6 Å². The van der Waals surface area contributed by atoms with E-state index >= 15 is 0 Å². The van der Waals surface area contributed by atoms with Gasteiger partial charge in [-0.05, 0) is 24.3 Å². The minimum Gasteiger partial charge on any atom is -0.487 e. The van der Waals surface area contributed by atoms with Gasteiger partial charge in [-0.3, -0.25) is 4.79 Å². The van der Waals surface area contributed by atoms with Crippen molar-refractivity contribution in [1.82, 2.24) is 5.32 Å². The van der Waals surface area contributed by atoms with Crippen LogP contribution in [0.2, 0.25) is 0 Å². The second kappa shape index (κ2) is 7.91. The highest BCUT2D eigenvalue weighted by atomic mass is 16.5. The molecule has 2 aromatic rings. The lowest BCUT2D eigenvalue weighted by molar-refractivity contribution is -0.115. The number of hydrogen-bond acceptors (Lipinski definition) is 4. The molecule has 5 nitrogen and oxygen atoms in total. The largest absolute Gasteiger partial charge is 0.487 e. The third-order valence-electron chi connectivity index (χ3n) is 2.68. The fraction of sp³-hybridized carbons (Fsp3) is 0.188. The molecule has 0 spiro atoms. The molecule has 1 heterocycles. The monoisotopic (exact) mass is 286 g/mol. The fourth-order valence-corrected chi connectivity index (χ4v) is 1.75.